The summed E-state index contributed by atoms with van der Waals surface area (Å²) in [5.41, 5.74) is -1.29. The van der Waals surface area contributed by atoms with Gasteiger partial charge >= 0.3 is 11.9 Å². The van der Waals surface area contributed by atoms with Gasteiger partial charge in [-0.3, -0.25) is 14.2 Å². The van der Waals surface area contributed by atoms with Crippen molar-refractivity contribution in [1.29, 1.82) is 0 Å². The van der Waals surface area contributed by atoms with Crippen LogP contribution in [0.3, 0.4) is 0 Å². The van der Waals surface area contributed by atoms with E-state index in [2.05, 4.69) is 5.32 Å². The van der Waals surface area contributed by atoms with E-state index in [0.29, 0.717) is 5.75 Å². The zero-order valence-electron chi connectivity index (χ0n) is 20.1. The second-order valence-corrected chi connectivity index (χ2v) is 8.35. The first-order valence-corrected chi connectivity index (χ1v) is 11.5. The smallest absolute Gasteiger partial charge is 0.416 e. The zero-order valence-corrected chi connectivity index (χ0v) is 20.1. The van der Waals surface area contributed by atoms with Crippen LogP contribution in [0.2, 0.25) is 0 Å². The van der Waals surface area contributed by atoms with Gasteiger partial charge in [0, 0.05) is 12.6 Å². The van der Waals surface area contributed by atoms with Gasteiger partial charge in [-0.25, -0.2) is 9.36 Å². The van der Waals surface area contributed by atoms with Gasteiger partial charge in [-0.2, -0.15) is 13.2 Å². The van der Waals surface area contributed by atoms with Gasteiger partial charge in [0.05, 0.1) is 29.3 Å². The quantitative estimate of drug-likeness (QED) is 0.398. The Balaban J connectivity index is 1.78. The molecule has 10 heteroatoms. The summed E-state index contributed by atoms with van der Waals surface area (Å²) in [7, 11) is 1.46. The van der Waals surface area contributed by atoms with E-state index in [-0.39, 0.29) is 35.1 Å². The van der Waals surface area contributed by atoms with Crippen LogP contribution in [0.5, 0.6) is 5.75 Å². The normalized spacial score (nSPS) is 12.4. The summed E-state index contributed by atoms with van der Waals surface area (Å²) >= 11 is 0. The summed E-state index contributed by atoms with van der Waals surface area (Å²) in [5, 5.41) is 2.87. The van der Waals surface area contributed by atoms with Crippen molar-refractivity contribution in [3.63, 3.8) is 0 Å². The monoisotopic (exact) mass is 511 g/mol. The van der Waals surface area contributed by atoms with E-state index < -0.39 is 34.9 Å². The standard InChI is InChI=1S/C27H24F3N3O4/c1-3-22(24(34)31-16-17-8-6-9-18(14-17)27(28,29)30)33-23-13-5-4-12-21(23)25(35)32(26(33)36)19-10-7-11-20(15-19)37-2/h4-15,22H,3,16H2,1-2H3,(H,31,34). The molecule has 1 amide bonds. The number of para-hydroxylation sites is 1. The molecule has 192 valence electrons. The molecule has 0 saturated carbocycles. The second-order valence-electron chi connectivity index (χ2n) is 8.35. The number of fused-ring (bicyclic) bond motifs is 1. The van der Waals surface area contributed by atoms with Gasteiger partial charge in [0.2, 0.25) is 5.91 Å². The second kappa shape index (κ2) is 10.3. The number of aromatic nitrogens is 2. The summed E-state index contributed by atoms with van der Waals surface area (Å²) in [4.78, 5) is 40.3. The van der Waals surface area contributed by atoms with E-state index in [1.165, 1.54) is 29.9 Å². The summed E-state index contributed by atoms with van der Waals surface area (Å²) in [6.07, 6.45) is -4.32. The van der Waals surface area contributed by atoms with Gasteiger partial charge in [0.1, 0.15) is 11.8 Å². The third-order valence-electron chi connectivity index (χ3n) is 6.03. The fourth-order valence-corrected chi connectivity index (χ4v) is 4.21. The van der Waals surface area contributed by atoms with Crippen molar-refractivity contribution < 1.29 is 22.7 Å². The minimum Gasteiger partial charge on any atom is -0.497 e. The summed E-state index contributed by atoms with van der Waals surface area (Å²) in [5.74, 6) is -0.127. The first-order chi connectivity index (χ1) is 17.7. The predicted octanol–water partition coefficient (Wildman–Crippen LogP) is 4.45. The van der Waals surface area contributed by atoms with Crippen LogP contribution in [-0.4, -0.2) is 22.2 Å². The van der Waals surface area contributed by atoms with Crippen LogP contribution >= 0.6 is 0 Å². The van der Waals surface area contributed by atoms with Gasteiger partial charge in [-0.05, 0) is 48.4 Å². The Kier molecular flexibility index (Phi) is 7.19. The maximum absolute atomic E-state index is 13.7. The van der Waals surface area contributed by atoms with Crippen molar-refractivity contribution in [2.75, 3.05) is 7.11 Å². The van der Waals surface area contributed by atoms with E-state index in [9.17, 15) is 27.6 Å². The van der Waals surface area contributed by atoms with Gasteiger partial charge in [-0.1, -0.05) is 37.3 Å². The Morgan fingerprint density at radius 2 is 1.73 bits per heavy atom. The predicted molar refractivity (Wildman–Crippen MR) is 133 cm³/mol. The molecule has 3 aromatic carbocycles. The molecule has 1 heterocycles. The minimum atomic E-state index is -4.51. The molecule has 7 nitrogen and oxygen atoms in total. The van der Waals surface area contributed by atoms with Gasteiger partial charge in [0.15, 0.2) is 0 Å². The van der Waals surface area contributed by atoms with Crippen molar-refractivity contribution in [1.82, 2.24) is 14.5 Å². The number of rotatable bonds is 7. The molecule has 0 spiro atoms. The van der Waals surface area contributed by atoms with Crippen molar-refractivity contribution in [3.8, 4) is 11.4 Å². The number of hydrogen-bond acceptors (Lipinski definition) is 4. The topological polar surface area (TPSA) is 82.3 Å². The van der Waals surface area contributed by atoms with Crippen molar-refractivity contribution in [2.24, 2.45) is 0 Å². The van der Waals surface area contributed by atoms with Gasteiger partial charge in [0.25, 0.3) is 5.56 Å². The number of nitrogens with zero attached hydrogens (tertiary/aromatic N) is 2. The van der Waals surface area contributed by atoms with Crippen molar-refractivity contribution >= 4 is 16.8 Å². The first-order valence-electron chi connectivity index (χ1n) is 11.5. The highest BCUT2D eigenvalue weighted by Gasteiger charge is 2.30. The van der Waals surface area contributed by atoms with E-state index in [4.69, 9.17) is 4.74 Å². The van der Waals surface area contributed by atoms with Crippen LogP contribution in [0.1, 0.15) is 30.5 Å². The number of methoxy groups -OCH3 is 1. The summed E-state index contributed by atoms with van der Waals surface area (Å²) < 4.78 is 46.6. The molecule has 4 rings (SSSR count). The Labute approximate surface area is 209 Å². The highest BCUT2D eigenvalue weighted by Crippen LogP contribution is 2.29. The molecule has 1 N–H and O–H groups in total. The molecule has 0 aliphatic carbocycles. The van der Waals surface area contributed by atoms with E-state index in [1.807, 2.05) is 0 Å². The van der Waals surface area contributed by atoms with Crippen LogP contribution in [0.25, 0.3) is 16.6 Å². The number of hydrogen-bond donors (Lipinski definition) is 1. The Bertz CT molecular complexity index is 1570. The highest BCUT2D eigenvalue weighted by molar-refractivity contribution is 5.84. The van der Waals surface area contributed by atoms with Crippen molar-refractivity contribution in [3.05, 3.63) is 105 Å². The molecular weight excluding hydrogens is 487 g/mol. The molecule has 1 unspecified atom stereocenters. The number of benzene rings is 3. The first kappa shape index (κ1) is 25.7. The lowest BCUT2D eigenvalue weighted by Gasteiger charge is -2.22. The number of ether oxygens (including phenoxy) is 1. The Morgan fingerprint density at radius 1 is 1.00 bits per heavy atom. The van der Waals surface area contributed by atoms with E-state index >= 15 is 0 Å². The number of halogens is 3. The number of amides is 1. The summed E-state index contributed by atoms with van der Waals surface area (Å²) in [6, 6.07) is 16.5. The lowest BCUT2D eigenvalue weighted by molar-refractivity contribution is -0.137. The fraction of sp³-hybridized carbons (Fsp3) is 0.222. The number of nitrogens with one attached hydrogen (secondary N) is 1. The maximum atomic E-state index is 13.7. The molecule has 1 atom stereocenters. The lowest BCUT2D eigenvalue weighted by Crippen LogP contribution is -2.44. The molecule has 0 aliphatic rings. The molecule has 0 aliphatic heterocycles. The molecule has 0 saturated heterocycles. The molecule has 0 bridgehead atoms. The third-order valence-corrected chi connectivity index (χ3v) is 6.03. The van der Waals surface area contributed by atoms with Gasteiger partial charge in [-0.15, -0.1) is 0 Å². The maximum Gasteiger partial charge on any atom is 0.416 e. The van der Waals surface area contributed by atoms with Gasteiger partial charge < -0.3 is 10.1 Å². The van der Waals surface area contributed by atoms with E-state index in [0.717, 1.165) is 16.7 Å². The average Bonchev–Trinajstić information content (AvgIpc) is 2.89. The summed E-state index contributed by atoms with van der Waals surface area (Å²) in [6.45, 7) is 1.54. The van der Waals surface area contributed by atoms with E-state index in [1.54, 1.807) is 49.4 Å². The Morgan fingerprint density at radius 3 is 2.43 bits per heavy atom. The molecule has 4 aromatic rings. The number of carbonyl (C=O) groups excluding carboxylic acids is 1. The van der Waals surface area contributed by atoms with Crippen LogP contribution in [0.4, 0.5) is 13.2 Å². The third kappa shape index (κ3) is 5.13. The van der Waals surface area contributed by atoms with Crippen LogP contribution < -0.4 is 21.3 Å². The van der Waals surface area contributed by atoms with Crippen LogP contribution in [0, 0.1) is 0 Å². The van der Waals surface area contributed by atoms with Crippen LogP contribution in [-0.2, 0) is 17.5 Å². The lowest BCUT2D eigenvalue weighted by atomic mass is 10.1. The molecule has 37 heavy (non-hydrogen) atoms. The molecular formula is C27H24F3N3O4. The van der Waals surface area contributed by atoms with Crippen molar-refractivity contribution in [2.45, 2.75) is 32.1 Å². The molecule has 0 fully saturated rings. The largest absolute Gasteiger partial charge is 0.497 e. The zero-order chi connectivity index (χ0) is 26.7. The number of carbonyl (C=O) groups is 1. The minimum absolute atomic E-state index is 0.165. The Hall–Kier alpha value is -4.34. The molecule has 1 aromatic heterocycles. The molecule has 0 radical (unpaired) electrons. The highest BCUT2D eigenvalue weighted by atomic mass is 19.4. The fourth-order valence-electron chi connectivity index (χ4n) is 4.21. The number of alkyl halides is 3. The average molecular weight is 512 g/mol. The van der Waals surface area contributed by atoms with Crippen LogP contribution in [0.15, 0.2) is 82.4 Å². The SMILES string of the molecule is CCC(C(=O)NCc1cccc(C(F)(F)F)c1)n1c(=O)n(-c2cccc(OC)c2)c(=O)c2ccccc21.